The van der Waals surface area contributed by atoms with E-state index in [4.69, 9.17) is 27.5 Å². The first-order valence-corrected chi connectivity index (χ1v) is 6.21. The summed E-state index contributed by atoms with van der Waals surface area (Å²) in [4.78, 5) is 4.21. The number of nitrogens with zero attached hydrogens (tertiary/aromatic N) is 1. The molecule has 0 amide bonds. The lowest BCUT2D eigenvalue weighted by molar-refractivity contribution is 0.320. The molecule has 19 heavy (non-hydrogen) atoms. The number of nitrogen functional groups attached to an aromatic ring is 1. The summed E-state index contributed by atoms with van der Waals surface area (Å²) < 4.78 is 5.64. The van der Waals surface area contributed by atoms with Gasteiger partial charge in [-0.15, -0.1) is 0 Å². The Labute approximate surface area is 116 Å². The maximum Gasteiger partial charge on any atom is 0.131 e. The van der Waals surface area contributed by atoms with Crippen LogP contribution in [0.4, 0.5) is 0 Å². The van der Waals surface area contributed by atoms with E-state index >= 15 is 0 Å². The molecule has 5 heteroatoms. The van der Waals surface area contributed by atoms with E-state index < -0.39 is 0 Å². The van der Waals surface area contributed by atoms with Gasteiger partial charge in [0.05, 0.1) is 12.2 Å². The molecule has 4 nitrogen and oxygen atoms in total. The second kappa shape index (κ2) is 6.20. The zero-order valence-electron chi connectivity index (χ0n) is 10.3. The number of aromatic nitrogens is 1. The fourth-order valence-corrected chi connectivity index (χ4v) is 1.81. The Hall–Kier alpha value is -2.07. The van der Waals surface area contributed by atoms with E-state index in [9.17, 15) is 0 Å². The van der Waals surface area contributed by atoms with Crippen LogP contribution in [0.25, 0.3) is 0 Å². The first-order valence-electron chi connectivity index (χ1n) is 5.83. The molecular weight excluding hydrogens is 262 g/mol. The van der Waals surface area contributed by atoms with Gasteiger partial charge in [-0.25, -0.2) is 0 Å². The second-order valence-electron chi connectivity index (χ2n) is 3.97. The number of rotatable bonds is 5. The first kappa shape index (κ1) is 13.4. The van der Waals surface area contributed by atoms with Gasteiger partial charge in [0.1, 0.15) is 11.6 Å². The predicted octanol–water partition coefficient (Wildman–Crippen LogP) is 2.64. The number of pyridine rings is 1. The topological polar surface area (TPSA) is 72.0 Å². The van der Waals surface area contributed by atoms with Crippen molar-refractivity contribution in [2.24, 2.45) is 5.73 Å². The molecule has 1 heterocycles. The van der Waals surface area contributed by atoms with Gasteiger partial charge in [0.2, 0.25) is 0 Å². The molecule has 2 aromatic rings. The standard InChI is InChI=1S/C14H14ClN3O/c15-10-4-5-12(14(16)17)13(9-10)19-8-6-11-3-1-2-7-18-11/h1-5,7,9H,6,8H2,(H3,16,17). The van der Waals surface area contributed by atoms with Crippen LogP contribution in [-0.2, 0) is 6.42 Å². The number of benzene rings is 1. The van der Waals surface area contributed by atoms with Crippen molar-refractivity contribution in [2.45, 2.75) is 6.42 Å². The van der Waals surface area contributed by atoms with Gasteiger partial charge in [-0.05, 0) is 30.3 Å². The molecule has 0 radical (unpaired) electrons. The highest BCUT2D eigenvalue weighted by molar-refractivity contribution is 6.30. The number of hydrogen-bond donors (Lipinski definition) is 2. The van der Waals surface area contributed by atoms with Crippen molar-refractivity contribution < 1.29 is 4.74 Å². The van der Waals surface area contributed by atoms with Crippen molar-refractivity contribution in [3.05, 3.63) is 58.9 Å². The van der Waals surface area contributed by atoms with Gasteiger partial charge in [-0.2, -0.15) is 0 Å². The van der Waals surface area contributed by atoms with E-state index in [2.05, 4.69) is 4.98 Å². The van der Waals surface area contributed by atoms with Crippen molar-refractivity contribution in [3.8, 4) is 5.75 Å². The molecule has 0 atom stereocenters. The molecule has 0 aliphatic heterocycles. The molecule has 0 spiro atoms. The van der Waals surface area contributed by atoms with E-state index in [1.54, 1.807) is 24.4 Å². The molecule has 98 valence electrons. The number of nitrogens with one attached hydrogen (secondary N) is 1. The largest absolute Gasteiger partial charge is 0.492 e. The van der Waals surface area contributed by atoms with E-state index in [0.717, 1.165) is 5.69 Å². The van der Waals surface area contributed by atoms with E-state index in [-0.39, 0.29) is 5.84 Å². The van der Waals surface area contributed by atoms with Crippen LogP contribution in [0.3, 0.4) is 0 Å². The van der Waals surface area contributed by atoms with Crippen LogP contribution in [0.5, 0.6) is 5.75 Å². The lowest BCUT2D eigenvalue weighted by Gasteiger charge is -2.10. The van der Waals surface area contributed by atoms with Crippen LogP contribution in [0.2, 0.25) is 5.02 Å². The van der Waals surface area contributed by atoms with Gasteiger partial charge in [0.25, 0.3) is 0 Å². The maximum atomic E-state index is 7.49. The number of hydrogen-bond acceptors (Lipinski definition) is 3. The second-order valence-corrected chi connectivity index (χ2v) is 4.41. The number of ether oxygens (including phenoxy) is 1. The van der Waals surface area contributed by atoms with Crippen molar-refractivity contribution in [1.29, 1.82) is 5.41 Å². The quantitative estimate of drug-likeness (QED) is 0.651. The summed E-state index contributed by atoms with van der Waals surface area (Å²) >= 11 is 5.91. The molecule has 3 N–H and O–H groups in total. The molecule has 0 saturated heterocycles. The maximum absolute atomic E-state index is 7.49. The third-order valence-electron chi connectivity index (χ3n) is 2.58. The minimum atomic E-state index is -0.0375. The number of nitrogens with two attached hydrogens (primary N) is 1. The third-order valence-corrected chi connectivity index (χ3v) is 2.81. The SMILES string of the molecule is N=C(N)c1ccc(Cl)cc1OCCc1ccccn1. The summed E-state index contributed by atoms with van der Waals surface area (Å²) in [6.07, 6.45) is 2.43. The van der Waals surface area contributed by atoms with Crippen LogP contribution in [-0.4, -0.2) is 17.4 Å². The van der Waals surface area contributed by atoms with Gasteiger partial charge in [0, 0.05) is 23.3 Å². The zero-order valence-corrected chi connectivity index (χ0v) is 11.0. The van der Waals surface area contributed by atoms with Crippen molar-refractivity contribution in [1.82, 2.24) is 4.98 Å². The average Bonchev–Trinajstić information content (AvgIpc) is 2.39. The third kappa shape index (κ3) is 3.69. The first-order chi connectivity index (χ1) is 9.16. The van der Waals surface area contributed by atoms with Crippen LogP contribution in [0.15, 0.2) is 42.6 Å². The van der Waals surface area contributed by atoms with Crippen molar-refractivity contribution in [2.75, 3.05) is 6.61 Å². The molecular formula is C14H14ClN3O. The van der Waals surface area contributed by atoms with Gasteiger partial charge < -0.3 is 10.5 Å². The van der Waals surface area contributed by atoms with Crippen LogP contribution >= 0.6 is 11.6 Å². The summed E-state index contributed by atoms with van der Waals surface area (Å²) in [6.45, 7) is 0.456. The summed E-state index contributed by atoms with van der Waals surface area (Å²) in [7, 11) is 0. The van der Waals surface area contributed by atoms with Crippen molar-refractivity contribution >= 4 is 17.4 Å². The van der Waals surface area contributed by atoms with Crippen LogP contribution < -0.4 is 10.5 Å². The number of halogens is 1. The van der Waals surface area contributed by atoms with Gasteiger partial charge in [-0.1, -0.05) is 17.7 Å². The Kier molecular flexibility index (Phi) is 4.36. The fraction of sp³-hybridized carbons (Fsp3) is 0.143. The molecule has 1 aromatic carbocycles. The zero-order chi connectivity index (χ0) is 13.7. The van der Waals surface area contributed by atoms with Gasteiger partial charge in [0.15, 0.2) is 0 Å². The summed E-state index contributed by atoms with van der Waals surface area (Å²) in [5.41, 5.74) is 6.99. The lowest BCUT2D eigenvalue weighted by Crippen LogP contribution is -2.14. The summed E-state index contributed by atoms with van der Waals surface area (Å²) in [5, 5.41) is 8.04. The van der Waals surface area contributed by atoms with Crippen LogP contribution in [0, 0.1) is 5.41 Å². The molecule has 0 aliphatic carbocycles. The lowest BCUT2D eigenvalue weighted by atomic mass is 10.2. The minimum absolute atomic E-state index is 0.0375. The Balaban J connectivity index is 2.03. The predicted molar refractivity (Wildman–Crippen MR) is 75.9 cm³/mol. The van der Waals surface area contributed by atoms with E-state index in [0.29, 0.717) is 29.4 Å². The van der Waals surface area contributed by atoms with Gasteiger partial charge in [-0.3, -0.25) is 10.4 Å². The Morgan fingerprint density at radius 3 is 2.84 bits per heavy atom. The highest BCUT2D eigenvalue weighted by Gasteiger charge is 2.07. The Bertz CT molecular complexity index is 572. The Morgan fingerprint density at radius 2 is 2.16 bits per heavy atom. The Morgan fingerprint density at radius 1 is 1.32 bits per heavy atom. The van der Waals surface area contributed by atoms with Gasteiger partial charge >= 0.3 is 0 Å². The molecule has 0 saturated carbocycles. The molecule has 0 fully saturated rings. The van der Waals surface area contributed by atoms with Crippen LogP contribution in [0.1, 0.15) is 11.3 Å². The fourth-order valence-electron chi connectivity index (χ4n) is 1.65. The molecule has 0 aliphatic rings. The highest BCUT2D eigenvalue weighted by atomic mass is 35.5. The normalized spacial score (nSPS) is 10.2. The van der Waals surface area contributed by atoms with Crippen molar-refractivity contribution in [3.63, 3.8) is 0 Å². The average molecular weight is 276 g/mol. The summed E-state index contributed by atoms with van der Waals surface area (Å²) in [5.74, 6) is 0.487. The summed E-state index contributed by atoms with van der Waals surface area (Å²) in [6, 6.07) is 10.8. The van der Waals surface area contributed by atoms with E-state index in [1.807, 2.05) is 18.2 Å². The van der Waals surface area contributed by atoms with E-state index in [1.165, 1.54) is 0 Å². The highest BCUT2D eigenvalue weighted by Crippen LogP contribution is 2.23. The monoisotopic (exact) mass is 275 g/mol. The number of amidine groups is 1. The molecule has 0 bridgehead atoms. The molecule has 2 rings (SSSR count). The molecule has 0 unspecified atom stereocenters. The minimum Gasteiger partial charge on any atom is -0.492 e. The smallest absolute Gasteiger partial charge is 0.131 e. The molecule has 1 aromatic heterocycles.